The Balaban J connectivity index is 1.74. The van der Waals surface area contributed by atoms with E-state index in [0.29, 0.717) is 5.13 Å². The average Bonchev–Trinajstić information content (AvgIpc) is 3.04. The highest BCUT2D eigenvalue weighted by molar-refractivity contribution is 7.14. The number of nitrogens with zero attached hydrogens (tertiary/aromatic N) is 3. The third kappa shape index (κ3) is 3.17. The molecule has 5 nitrogen and oxygen atoms in total. The Morgan fingerprint density at radius 1 is 1.23 bits per heavy atom. The summed E-state index contributed by atoms with van der Waals surface area (Å²) in [5.74, 6) is -0.310. The van der Waals surface area contributed by atoms with Crippen molar-refractivity contribution in [2.45, 2.75) is 13.3 Å². The molecule has 22 heavy (non-hydrogen) atoms. The lowest BCUT2D eigenvalue weighted by molar-refractivity contribution is 0.102. The molecule has 0 radical (unpaired) electrons. The summed E-state index contributed by atoms with van der Waals surface area (Å²) in [6.07, 6.45) is 5.44. The van der Waals surface area contributed by atoms with Gasteiger partial charge in [0.05, 0.1) is 11.9 Å². The molecule has 0 saturated heterocycles. The summed E-state index contributed by atoms with van der Waals surface area (Å²) in [7, 11) is 0. The van der Waals surface area contributed by atoms with Crippen LogP contribution in [0, 0.1) is 0 Å². The zero-order valence-electron chi connectivity index (χ0n) is 12.0. The Hall–Kier alpha value is -2.60. The first-order valence-electron chi connectivity index (χ1n) is 6.88. The lowest BCUT2D eigenvalue weighted by Crippen LogP contribution is -2.13. The van der Waals surface area contributed by atoms with Crippen molar-refractivity contribution in [1.29, 1.82) is 0 Å². The van der Waals surface area contributed by atoms with Gasteiger partial charge >= 0.3 is 0 Å². The van der Waals surface area contributed by atoms with Gasteiger partial charge < -0.3 is 0 Å². The molecule has 0 saturated carbocycles. The molecule has 0 aliphatic rings. The predicted octanol–water partition coefficient (Wildman–Crippen LogP) is 3.41. The molecule has 110 valence electrons. The Morgan fingerprint density at radius 2 is 2.05 bits per heavy atom. The number of carbonyl (C=O) groups excluding carboxylic acids is 1. The maximum Gasteiger partial charge on any atom is 0.277 e. The first-order valence-corrected chi connectivity index (χ1v) is 7.76. The monoisotopic (exact) mass is 310 g/mol. The van der Waals surface area contributed by atoms with E-state index in [1.807, 2.05) is 17.5 Å². The minimum atomic E-state index is -0.310. The largest absolute Gasteiger partial charge is 0.296 e. The molecule has 2 aromatic heterocycles. The summed E-state index contributed by atoms with van der Waals surface area (Å²) in [6, 6.07) is 8.27. The van der Waals surface area contributed by atoms with Crippen LogP contribution in [0.15, 0.2) is 48.2 Å². The smallest absolute Gasteiger partial charge is 0.277 e. The summed E-state index contributed by atoms with van der Waals surface area (Å²) in [5, 5.41) is 5.21. The maximum absolute atomic E-state index is 12.0. The van der Waals surface area contributed by atoms with Gasteiger partial charge in [-0.2, -0.15) is 0 Å². The molecule has 1 N–H and O–H groups in total. The Labute approximate surface area is 132 Å². The van der Waals surface area contributed by atoms with Gasteiger partial charge in [0.25, 0.3) is 5.91 Å². The summed E-state index contributed by atoms with van der Waals surface area (Å²) in [4.78, 5) is 24.3. The van der Waals surface area contributed by atoms with Crippen LogP contribution in [-0.2, 0) is 6.42 Å². The number of amides is 1. The summed E-state index contributed by atoms with van der Waals surface area (Å²) < 4.78 is 0. The van der Waals surface area contributed by atoms with Crippen molar-refractivity contribution in [2.24, 2.45) is 0 Å². The van der Waals surface area contributed by atoms with Crippen LogP contribution in [0.4, 0.5) is 5.13 Å². The van der Waals surface area contributed by atoms with Crippen molar-refractivity contribution in [3.63, 3.8) is 0 Å². The van der Waals surface area contributed by atoms with E-state index in [2.05, 4.69) is 39.3 Å². The van der Waals surface area contributed by atoms with Crippen molar-refractivity contribution in [2.75, 3.05) is 5.32 Å². The fraction of sp³-hybridized carbons (Fsp3) is 0.125. The van der Waals surface area contributed by atoms with Crippen LogP contribution in [0.25, 0.3) is 11.3 Å². The van der Waals surface area contributed by atoms with E-state index in [1.54, 1.807) is 0 Å². The third-order valence-corrected chi connectivity index (χ3v) is 3.94. The molecule has 2 heterocycles. The molecular formula is C16H14N4OS. The molecule has 6 heteroatoms. The highest BCUT2D eigenvalue weighted by atomic mass is 32.1. The number of nitrogens with one attached hydrogen (secondary N) is 1. The van der Waals surface area contributed by atoms with Crippen molar-refractivity contribution < 1.29 is 4.79 Å². The highest BCUT2D eigenvalue weighted by Gasteiger charge is 2.11. The summed E-state index contributed by atoms with van der Waals surface area (Å²) >= 11 is 1.39. The number of rotatable bonds is 4. The van der Waals surface area contributed by atoms with E-state index in [1.165, 1.54) is 35.5 Å². The average molecular weight is 310 g/mol. The van der Waals surface area contributed by atoms with Crippen molar-refractivity contribution in [3.05, 3.63) is 59.5 Å². The number of aromatic nitrogens is 3. The van der Waals surface area contributed by atoms with Gasteiger partial charge in [0.2, 0.25) is 0 Å². The second-order valence-electron chi connectivity index (χ2n) is 4.63. The second-order valence-corrected chi connectivity index (χ2v) is 5.49. The Bertz CT molecular complexity index is 768. The van der Waals surface area contributed by atoms with E-state index >= 15 is 0 Å². The summed E-state index contributed by atoms with van der Waals surface area (Å²) in [5.41, 5.74) is 3.44. The van der Waals surface area contributed by atoms with Gasteiger partial charge in [0.15, 0.2) is 5.13 Å². The molecule has 0 atom stereocenters. The summed E-state index contributed by atoms with van der Waals surface area (Å²) in [6.45, 7) is 2.12. The van der Waals surface area contributed by atoms with Gasteiger partial charge in [-0.05, 0) is 12.0 Å². The second kappa shape index (κ2) is 6.44. The van der Waals surface area contributed by atoms with Gasteiger partial charge in [-0.15, -0.1) is 11.3 Å². The number of hydrogen-bond acceptors (Lipinski definition) is 5. The van der Waals surface area contributed by atoms with Gasteiger partial charge in [-0.1, -0.05) is 31.2 Å². The fourth-order valence-electron chi connectivity index (χ4n) is 1.95. The van der Waals surface area contributed by atoms with Crippen LogP contribution < -0.4 is 5.32 Å². The number of aryl methyl sites for hydroxylation is 1. The standard InChI is InChI=1S/C16H14N4OS/c1-2-11-3-5-12(6-4-11)14-10-22-16(19-14)20-15(21)13-9-17-7-8-18-13/h3-10H,2H2,1H3,(H,19,20,21). The van der Waals surface area contributed by atoms with E-state index in [0.717, 1.165) is 17.7 Å². The van der Waals surface area contributed by atoms with E-state index in [4.69, 9.17) is 0 Å². The lowest BCUT2D eigenvalue weighted by Gasteiger charge is -2.00. The number of benzene rings is 1. The van der Waals surface area contributed by atoms with Crippen LogP contribution in [0.3, 0.4) is 0 Å². The molecular weight excluding hydrogens is 296 g/mol. The minimum absolute atomic E-state index is 0.270. The number of hydrogen-bond donors (Lipinski definition) is 1. The third-order valence-electron chi connectivity index (χ3n) is 3.18. The first kappa shape index (κ1) is 14.3. The fourth-order valence-corrected chi connectivity index (χ4v) is 2.67. The zero-order valence-corrected chi connectivity index (χ0v) is 12.8. The molecule has 3 rings (SSSR count). The SMILES string of the molecule is CCc1ccc(-c2csc(NC(=O)c3cnccn3)n2)cc1. The van der Waals surface area contributed by atoms with Crippen LogP contribution in [0.2, 0.25) is 0 Å². The Kier molecular flexibility index (Phi) is 4.20. The molecule has 0 bridgehead atoms. The predicted molar refractivity (Wildman–Crippen MR) is 86.9 cm³/mol. The van der Waals surface area contributed by atoms with E-state index in [9.17, 15) is 4.79 Å². The van der Waals surface area contributed by atoms with Crippen molar-refractivity contribution in [3.8, 4) is 11.3 Å². The van der Waals surface area contributed by atoms with Crippen LogP contribution >= 0.6 is 11.3 Å². The highest BCUT2D eigenvalue weighted by Crippen LogP contribution is 2.25. The Morgan fingerprint density at radius 3 is 2.73 bits per heavy atom. The first-order chi connectivity index (χ1) is 10.8. The van der Waals surface area contributed by atoms with Gasteiger partial charge in [0, 0.05) is 23.3 Å². The van der Waals surface area contributed by atoms with Gasteiger partial charge in [0.1, 0.15) is 5.69 Å². The molecule has 0 fully saturated rings. The van der Waals surface area contributed by atoms with E-state index < -0.39 is 0 Å². The molecule has 0 aliphatic carbocycles. The maximum atomic E-state index is 12.0. The molecule has 1 aromatic carbocycles. The van der Waals surface area contributed by atoms with Crippen molar-refractivity contribution in [1.82, 2.24) is 15.0 Å². The zero-order chi connectivity index (χ0) is 15.4. The molecule has 0 unspecified atom stereocenters. The normalized spacial score (nSPS) is 10.4. The minimum Gasteiger partial charge on any atom is -0.296 e. The topological polar surface area (TPSA) is 67.8 Å². The lowest BCUT2D eigenvalue weighted by atomic mass is 10.1. The molecule has 0 spiro atoms. The van der Waals surface area contributed by atoms with Crippen LogP contribution in [0.5, 0.6) is 0 Å². The molecule has 3 aromatic rings. The molecule has 1 amide bonds. The van der Waals surface area contributed by atoms with Gasteiger partial charge in [-0.25, -0.2) is 9.97 Å². The van der Waals surface area contributed by atoms with Crippen molar-refractivity contribution >= 4 is 22.4 Å². The van der Waals surface area contributed by atoms with Crippen LogP contribution in [-0.4, -0.2) is 20.9 Å². The van der Waals surface area contributed by atoms with E-state index in [-0.39, 0.29) is 11.6 Å². The quantitative estimate of drug-likeness (QED) is 0.802. The van der Waals surface area contributed by atoms with Gasteiger partial charge in [-0.3, -0.25) is 15.1 Å². The number of carbonyl (C=O) groups is 1. The van der Waals surface area contributed by atoms with Crippen LogP contribution in [0.1, 0.15) is 23.0 Å². The number of anilines is 1. The number of thiazole rings is 1. The molecule has 0 aliphatic heterocycles.